The van der Waals surface area contributed by atoms with Crippen LogP contribution in [-0.2, 0) is 16.6 Å². The van der Waals surface area contributed by atoms with Gasteiger partial charge in [-0.1, -0.05) is 34.6 Å². The standard InChI is InChI=1S/C21H30O3/c1-12(2)14-11-15(22)18-13(19(14)24-6)7-8-16-20(3,4)17(23)9-10-21(16,18)5/h11-12,16,22H,7-10H2,1-6H3/t16-,21-/m1/s1. The van der Waals surface area contributed by atoms with Gasteiger partial charge in [0, 0.05) is 33.9 Å². The first-order valence-corrected chi connectivity index (χ1v) is 9.11. The van der Waals surface area contributed by atoms with E-state index in [1.165, 1.54) is 0 Å². The third-order valence-electron chi connectivity index (χ3n) is 6.70. The molecule has 2 atom stereocenters. The Balaban J connectivity index is 2.24. The molecular formula is C21H30O3. The molecule has 1 fully saturated rings. The zero-order valence-corrected chi connectivity index (χ0v) is 15.8. The molecule has 0 unspecified atom stereocenters. The van der Waals surface area contributed by atoms with E-state index in [0.717, 1.165) is 41.7 Å². The SMILES string of the molecule is COc1c(C(C)C)cc(O)c2c1CC[C@@H]1C(C)(C)C(=O)CC[C@@]21C. The van der Waals surface area contributed by atoms with Crippen LogP contribution in [0.4, 0.5) is 0 Å². The number of ketones is 1. The minimum Gasteiger partial charge on any atom is -0.508 e. The number of hydrogen-bond donors (Lipinski definition) is 1. The van der Waals surface area contributed by atoms with Crippen LogP contribution in [0.25, 0.3) is 0 Å². The molecule has 2 aliphatic rings. The molecule has 0 saturated heterocycles. The lowest BCUT2D eigenvalue weighted by Crippen LogP contribution is -2.52. The van der Waals surface area contributed by atoms with Gasteiger partial charge in [-0.2, -0.15) is 0 Å². The van der Waals surface area contributed by atoms with E-state index in [2.05, 4.69) is 34.6 Å². The fourth-order valence-corrected chi connectivity index (χ4v) is 5.40. The molecule has 3 rings (SSSR count). The van der Waals surface area contributed by atoms with Gasteiger partial charge < -0.3 is 9.84 Å². The highest BCUT2D eigenvalue weighted by Gasteiger charge is 2.55. The van der Waals surface area contributed by atoms with Gasteiger partial charge in [-0.3, -0.25) is 4.79 Å². The quantitative estimate of drug-likeness (QED) is 0.852. The van der Waals surface area contributed by atoms with Gasteiger partial charge >= 0.3 is 0 Å². The molecule has 0 amide bonds. The molecule has 1 N–H and O–H groups in total. The van der Waals surface area contributed by atoms with Crippen molar-refractivity contribution in [1.82, 2.24) is 0 Å². The zero-order valence-electron chi connectivity index (χ0n) is 15.8. The molecule has 0 aliphatic heterocycles. The Bertz CT molecular complexity index is 687. The Morgan fingerprint density at radius 1 is 1.25 bits per heavy atom. The van der Waals surface area contributed by atoms with Crippen LogP contribution in [0.15, 0.2) is 6.07 Å². The fourth-order valence-electron chi connectivity index (χ4n) is 5.40. The summed E-state index contributed by atoms with van der Waals surface area (Å²) >= 11 is 0. The van der Waals surface area contributed by atoms with Gasteiger partial charge in [0.05, 0.1) is 7.11 Å². The second kappa shape index (κ2) is 5.50. The van der Waals surface area contributed by atoms with E-state index in [1.54, 1.807) is 7.11 Å². The molecule has 0 bridgehead atoms. The van der Waals surface area contributed by atoms with Crippen LogP contribution >= 0.6 is 0 Å². The maximum atomic E-state index is 12.5. The maximum Gasteiger partial charge on any atom is 0.138 e. The van der Waals surface area contributed by atoms with Crippen molar-refractivity contribution in [2.75, 3.05) is 7.11 Å². The summed E-state index contributed by atoms with van der Waals surface area (Å²) in [5, 5.41) is 10.9. The fraction of sp³-hybridized carbons (Fsp3) is 0.667. The summed E-state index contributed by atoms with van der Waals surface area (Å²) in [5.74, 6) is 2.24. The molecule has 0 heterocycles. The predicted molar refractivity (Wildman–Crippen MR) is 95.9 cm³/mol. The Labute approximate surface area is 145 Å². The van der Waals surface area contributed by atoms with Gasteiger partial charge in [0.1, 0.15) is 17.3 Å². The number of carbonyl (C=O) groups is 1. The third-order valence-corrected chi connectivity index (χ3v) is 6.70. The lowest BCUT2D eigenvalue weighted by Gasteiger charge is -2.53. The highest BCUT2D eigenvalue weighted by atomic mass is 16.5. The van der Waals surface area contributed by atoms with Crippen molar-refractivity contribution in [3.05, 3.63) is 22.8 Å². The van der Waals surface area contributed by atoms with Gasteiger partial charge in [0.15, 0.2) is 0 Å². The largest absolute Gasteiger partial charge is 0.508 e. The van der Waals surface area contributed by atoms with Crippen LogP contribution in [0, 0.1) is 11.3 Å². The number of aromatic hydroxyl groups is 1. The summed E-state index contributed by atoms with van der Waals surface area (Å²) in [5.41, 5.74) is 2.76. The van der Waals surface area contributed by atoms with Crippen molar-refractivity contribution < 1.29 is 14.6 Å². The number of rotatable bonds is 2. The number of phenols is 1. The van der Waals surface area contributed by atoms with E-state index in [1.807, 2.05) is 6.07 Å². The number of carbonyl (C=O) groups excluding carboxylic acids is 1. The lowest BCUT2D eigenvalue weighted by atomic mass is 9.49. The average molecular weight is 330 g/mol. The van der Waals surface area contributed by atoms with Crippen molar-refractivity contribution in [2.24, 2.45) is 11.3 Å². The van der Waals surface area contributed by atoms with Crippen molar-refractivity contribution in [3.63, 3.8) is 0 Å². The molecule has 3 heteroatoms. The minimum absolute atomic E-state index is 0.169. The Morgan fingerprint density at radius 3 is 2.50 bits per heavy atom. The normalized spacial score (nSPS) is 28.5. The Hall–Kier alpha value is -1.51. The first kappa shape index (κ1) is 17.3. The monoisotopic (exact) mass is 330 g/mol. The molecule has 3 nitrogen and oxygen atoms in total. The van der Waals surface area contributed by atoms with E-state index < -0.39 is 0 Å². The van der Waals surface area contributed by atoms with Crippen LogP contribution in [0.2, 0.25) is 0 Å². The van der Waals surface area contributed by atoms with E-state index in [9.17, 15) is 9.90 Å². The van der Waals surface area contributed by atoms with Gasteiger partial charge in [0.2, 0.25) is 0 Å². The van der Waals surface area contributed by atoms with Gasteiger partial charge in [-0.25, -0.2) is 0 Å². The number of benzene rings is 1. The Kier molecular flexibility index (Phi) is 3.97. The molecular weight excluding hydrogens is 300 g/mol. The summed E-state index contributed by atoms with van der Waals surface area (Å²) in [4.78, 5) is 12.5. The molecule has 2 aliphatic carbocycles. The second-order valence-corrected chi connectivity index (χ2v) is 8.68. The number of Topliss-reactive ketones (excluding diaryl/α,β-unsaturated/α-hetero) is 1. The zero-order chi connectivity index (χ0) is 17.9. The summed E-state index contributed by atoms with van der Waals surface area (Å²) in [7, 11) is 1.72. The van der Waals surface area contributed by atoms with Gasteiger partial charge in [-0.05, 0) is 37.2 Å². The summed E-state index contributed by atoms with van der Waals surface area (Å²) in [6.45, 7) is 10.6. The molecule has 24 heavy (non-hydrogen) atoms. The lowest BCUT2D eigenvalue weighted by molar-refractivity contribution is -0.137. The van der Waals surface area contributed by atoms with Crippen molar-refractivity contribution in [1.29, 1.82) is 0 Å². The van der Waals surface area contributed by atoms with Crippen LogP contribution in [0.5, 0.6) is 11.5 Å². The third kappa shape index (κ3) is 2.20. The second-order valence-electron chi connectivity index (χ2n) is 8.68. The van der Waals surface area contributed by atoms with E-state index in [-0.39, 0.29) is 16.7 Å². The molecule has 0 aromatic heterocycles. The van der Waals surface area contributed by atoms with Gasteiger partial charge in [0.25, 0.3) is 0 Å². The summed E-state index contributed by atoms with van der Waals surface area (Å²) in [6, 6.07) is 1.89. The first-order valence-electron chi connectivity index (χ1n) is 9.11. The van der Waals surface area contributed by atoms with E-state index in [0.29, 0.717) is 23.9 Å². The highest BCUT2D eigenvalue weighted by Crippen LogP contribution is 2.59. The smallest absolute Gasteiger partial charge is 0.138 e. The van der Waals surface area contributed by atoms with Crippen LogP contribution in [-0.4, -0.2) is 18.0 Å². The van der Waals surface area contributed by atoms with Crippen LogP contribution in [0.3, 0.4) is 0 Å². The molecule has 132 valence electrons. The Morgan fingerprint density at radius 2 is 1.92 bits per heavy atom. The first-order chi connectivity index (χ1) is 11.1. The molecule has 1 aromatic rings. The number of methoxy groups -OCH3 is 1. The minimum atomic E-state index is -0.332. The highest BCUT2D eigenvalue weighted by molar-refractivity contribution is 5.86. The van der Waals surface area contributed by atoms with Crippen LogP contribution in [0.1, 0.15) is 76.5 Å². The van der Waals surface area contributed by atoms with E-state index >= 15 is 0 Å². The number of hydrogen-bond acceptors (Lipinski definition) is 3. The van der Waals surface area contributed by atoms with Crippen molar-refractivity contribution in [2.45, 2.75) is 71.6 Å². The van der Waals surface area contributed by atoms with Crippen molar-refractivity contribution in [3.8, 4) is 11.5 Å². The summed E-state index contributed by atoms with van der Waals surface area (Å²) < 4.78 is 5.78. The average Bonchev–Trinajstić information content (AvgIpc) is 2.50. The molecule has 0 radical (unpaired) electrons. The topological polar surface area (TPSA) is 46.5 Å². The predicted octanol–water partition coefficient (Wildman–Crippen LogP) is 4.73. The number of fused-ring (bicyclic) bond motifs is 3. The molecule has 0 spiro atoms. The van der Waals surface area contributed by atoms with E-state index in [4.69, 9.17) is 4.74 Å². The summed E-state index contributed by atoms with van der Waals surface area (Å²) in [6.07, 6.45) is 3.24. The van der Waals surface area contributed by atoms with Crippen molar-refractivity contribution >= 4 is 5.78 Å². The molecule has 1 aromatic carbocycles. The number of ether oxygens (including phenoxy) is 1. The molecule has 1 saturated carbocycles. The maximum absolute atomic E-state index is 12.5. The van der Waals surface area contributed by atoms with Crippen LogP contribution < -0.4 is 4.74 Å². The van der Waals surface area contributed by atoms with Gasteiger partial charge in [-0.15, -0.1) is 0 Å². The number of phenolic OH excluding ortho intramolecular Hbond substituents is 1.